The third-order valence-corrected chi connectivity index (χ3v) is 6.00. The van der Waals surface area contributed by atoms with E-state index in [2.05, 4.69) is 22.0 Å². The number of hydrogen-bond acceptors (Lipinski definition) is 6. The highest BCUT2D eigenvalue weighted by atomic mass is 16.6. The standard InChI is InChI=1S/C24H27N5O3/c1-16-11-17(2)21(26-14-16)27-7-9-28(10-8-27)22(30)20-6-5-19(12-18(20)13-25)29-23(31)32-15-24(29,3)4/h5-6,11-12,14H,7-10,15H2,1-4H3. The summed E-state index contributed by atoms with van der Waals surface area (Å²) in [5.41, 5.74) is 2.87. The van der Waals surface area contributed by atoms with Crippen LogP contribution in [0.3, 0.4) is 0 Å². The zero-order chi connectivity index (χ0) is 23.0. The Balaban J connectivity index is 1.50. The SMILES string of the molecule is Cc1cnc(N2CCN(C(=O)c3ccc(N4C(=O)OCC4(C)C)cc3C#N)CC2)c(C)c1. The Morgan fingerprint density at radius 3 is 2.47 bits per heavy atom. The lowest BCUT2D eigenvalue weighted by molar-refractivity contribution is 0.0746. The minimum atomic E-state index is -0.520. The molecule has 0 atom stereocenters. The van der Waals surface area contributed by atoms with Crippen LogP contribution in [0, 0.1) is 25.2 Å². The number of aromatic nitrogens is 1. The summed E-state index contributed by atoms with van der Waals surface area (Å²) in [6.07, 6.45) is 1.41. The molecule has 2 aliphatic rings. The summed E-state index contributed by atoms with van der Waals surface area (Å²) in [4.78, 5) is 35.4. The van der Waals surface area contributed by atoms with Gasteiger partial charge in [-0.15, -0.1) is 0 Å². The molecular weight excluding hydrogens is 406 g/mol. The van der Waals surface area contributed by atoms with Crippen LogP contribution in [0.2, 0.25) is 0 Å². The lowest BCUT2D eigenvalue weighted by Crippen LogP contribution is -2.49. The number of hydrogen-bond donors (Lipinski definition) is 0. The monoisotopic (exact) mass is 433 g/mol. The fraction of sp³-hybridized carbons (Fsp3) is 0.417. The molecule has 0 spiro atoms. The smallest absolute Gasteiger partial charge is 0.414 e. The van der Waals surface area contributed by atoms with Crippen LogP contribution in [0.4, 0.5) is 16.3 Å². The van der Waals surface area contributed by atoms with Crippen LogP contribution in [0.15, 0.2) is 30.5 Å². The van der Waals surface area contributed by atoms with Crippen molar-refractivity contribution in [2.45, 2.75) is 33.2 Å². The first-order chi connectivity index (χ1) is 15.2. The van der Waals surface area contributed by atoms with Gasteiger partial charge >= 0.3 is 6.09 Å². The van der Waals surface area contributed by atoms with Gasteiger partial charge in [0, 0.05) is 38.1 Å². The van der Waals surface area contributed by atoms with Crippen molar-refractivity contribution in [3.63, 3.8) is 0 Å². The minimum absolute atomic E-state index is 0.176. The highest BCUT2D eigenvalue weighted by Gasteiger charge is 2.41. The van der Waals surface area contributed by atoms with Crippen LogP contribution < -0.4 is 9.80 Å². The summed E-state index contributed by atoms with van der Waals surface area (Å²) in [5, 5.41) is 9.70. The fourth-order valence-electron chi connectivity index (χ4n) is 4.35. The van der Waals surface area contributed by atoms with Crippen molar-refractivity contribution < 1.29 is 14.3 Å². The van der Waals surface area contributed by atoms with Gasteiger partial charge in [0.25, 0.3) is 5.91 Å². The zero-order valence-electron chi connectivity index (χ0n) is 18.9. The number of nitriles is 1. The van der Waals surface area contributed by atoms with Crippen molar-refractivity contribution in [2.75, 3.05) is 42.6 Å². The Kier molecular flexibility index (Phi) is 5.51. The second-order valence-corrected chi connectivity index (χ2v) is 8.98. The summed E-state index contributed by atoms with van der Waals surface area (Å²) in [5.74, 6) is 0.773. The molecule has 2 aromatic rings. The molecule has 0 aliphatic carbocycles. The molecule has 166 valence electrons. The van der Waals surface area contributed by atoms with E-state index >= 15 is 0 Å². The van der Waals surface area contributed by atoms with Crippen LogP contribution in [0.1, 0.15) is 40.9 Å². The van der Waals surface area contributed by atoms with Gasteiger partial charge in [0.15, 0.2) is 0 Å². The summed E-state index contributed by atoms with van der Waals surface area (Å²) in [6, 6.07) is 9.17. The molecule has 8 nitrogen and oxygen atoms in total. The maximum Gasteiger partial charge on any atom is 0.414 e. The first-order valence-electron chi connectivity index (χ1n) is 10.7. The van der Waals surface area contributed by atoms with E-state index < -0.39 is 11.6 Å². The Bertz CT molecular complexity index is 1110. The van der Waals surface area contributed by atoms with E-state index in [0.717, 1.165) is 16.9 Å². The van der Waals surface area contributed by atoms with Gasteiger partial charge in [0.2, 0.25) is 0 Å². The highest BCUT2D eigenvalue weighted by Crippen LogP contribution is 2.32. The third kappa shape index (κ3) is 3.86. The molecule has 2 saturated heterocycles. The Labute approximate surface area is 188 Å². The van der Waals surface area contributed by atoms with Crippen molar-refractivity contribution >= 4 is 23.5 Å². The molecule has 1 aromatic carbocycles. The molecular formula is C24H27N5O3. The normalized spacial score (nSPS) is 17.8. The average molecular weight is 434 g/mol. The molecule has 1 aromatic heterocycles. The average Bonchev–Trinajstić information content (AvgIpc) is 3.05. The molecule has 32 heavy (non-hydrogen) atoms. The Hall–Kier alpha value is -3.60. The second-order valence-electron chi connectivity index (χ2n) is 8.98. The van der Waals surface area contributed by atoms with E-state index in [-0.39, 0.29) is 18.1 Å². The quantitative estimate of drug-likeness (QED) is 0.738. The maximum atomic E-state index is 13.2. The number of rotatable bonds is 3. The number of benzene rings is 1. The molecule has 2 fully saturated rings. The first kappa shape index (κ1) is 21.6. The topological polar surface area (TPSA) is 89.8 Å². The van der Waals surface area contributed by atoms with Crippen LogP contribution in [0.5, 0.6) is 0 Å². The highest BCUT2D eigenvalue weighted by molar-refractivity contribution is 5.98. The van der Waals surface area contributed by atoms with E-state index in [0.29, 0.717) is 37.4 Å². The Morgan fingerprint density at radius 1 is 1.16 bits per heavy atom. The van der Waals surface area contributed by atoms with Gasteiger partial charge in [-0.3, -0.25) is 9.69 Å². The van der Waals surface area contributed by atoms with Crippen molar-refractivity contribution in [1.82, 2.24) is 9.88 Å². The van der Waals surface area contributed by atoms with Crippen LogP contribution in [-0.4, -0.2) is 60.2 Å². The number of ether oxygens (including phenoxy) is 1. The van der Waals surface area contributed by atoms with Gasteiger partial charge in [-0.1, -0.05) is 6.07 Å². The number of piperazine rings is 1. The van der Waals surface area contributed by atoms with Crippen molar-refractivity contribution in [3.05, 3.63) is 52.7 Å². The van der Waals surface area contributed by atoms with Gasteiger partial charge in [0.1, 0.15) is 18.5 Å². The number of nitrogens with zero attached hydrogens (tertiary/aromatic N) is 5. The summed E-state index contributed by atoms with van der Waals surface area (Å²) in [7, 11) is 0. The maximum absolute atomic E-state index is 13.2. The molecule has 8 heteroatoms. The summed E-state index contributed by atoms with van der Waals surface area (Å²) >= 11 is 0. The largest absolute Gasteiger partial charge is 0.447 e. The molecule has 2 amide bonds. The van der Waals surface area contributed by atoms with Crippen LogP contribution in [0.25, 0.3) is 0 Å². The fourth-order valence-corrected chi connectivity index (χ4v) is 4.35. The van der Waals surface area contributed by atoms with Crippen LogP contribution in [-0.2, 0) is 4.74 Å². The Morgan fingerprint density at radius 2 is 1.88 bits per heavy atom. The van der Waals surface area contributed by atoms with Gasteiger partial charge in [0.05, 0.1) is 16.7 Å². The molecule has 2 aliphatic heterocycles. The number of carbonyl (C=O) groups is 2. The second kappa shape index (κ2) is 8.15. The molecule has 3 heterocycles. The third-order valence-electron chi connectivity index (χ3n) is 6.00. The number of amides is 2. The molecule has 0 unspecified atom stereocenters. The zero-order valence-corrected chi connectivity index (χ0v) is 18.9. The number of anilines is 2. The number of pyridine rings is 1. The number of carbonyl (C=O) groups excluding carboxylic acids is 2. The molecule has 0 radical (unpaired) electrons. The first-order valence-corrected chi connectivity index (χ1v) is 10.7. The van der Waals surface area contributed by atoms with Gasteiger partial charge in [-0.25, -0.2) is 9.78 Å². The van der Waals surface area contributed by atoms with E-state index in [1.165, 1.54) is 4.90 Å². The van der Waals surface area contributed by atoms with Gasteiger partial charge < -0.3 is 14.5 Å². The predicted molar refractivity (Wildman–Crippen MR) is 121 cm³/mol. The number of aryl methyl sites for hydroxylation is 2. The molecule has 4 rings (SSSR count). The van der Waals surface area contributed by atoms with E-state index in [1.54, 1.807) is 23.1 Å². The molecule has 0 bridgehead atoms. The molecule has 0 N–H and O–H groups in total. The van der Waals surface area contributed by atoms with E-state index in [1.807, 2.05) is 33.9 Å². The van der Waals surface area contributed by atoms with Crippen molar-refractivity contribution in [3.8, 4) is 6.07 Å². The predicted octanol–water partition coefficient (Wildman–Crippen LogP) is 3.27. The van der Waals surface area contributed by atoms with Crippen molar-refractivity contribution in [1.29, 1.82) is 5.26 Å². The van der Waals surface area contributed by atoms with Gasteiger partial charge in [-0.05, 0) is 57.0 Å². The minimum Gasteiger partial charge on any atom is -0.447 e. The summed E-state index contributed by atoms with van der Waals surface area (Å²) < 4.78 is 5.16. The lowest BCUT2D eigenvalue weighted by Gasteiger charge is -2.36. The van der Waals surface area contributed by atoms with Gasteiger partial charge in [-0.2, -0.15) is 5.26 Å². The molecule has 0 saturated carbocycles. The van der Waals surface area contributed by atoms with E-state index in [4.69, 9.17) is 4.74 Å². The lowest BCUT2D eigenvalue weighted by atomic mass is 10.0. The number of cyclic esters (lactones) is 1. The van der Waals surface area contributed by atoms with Crippen LogP contribution >= 0.6 is 0 Å². The summed E-state index contributed by atoms with van der Waals surface area (Å²) in [6.45, 7) is 10.6. The van der Waals surface area contributed by atoms with E-state index in [9.17, 15) is 14.9 Å². The van der Waals surface area contributed by atoms with Crippen molar-refractivity contribution in [2.24, 2.45) is 0 Å².